The first-order chi connectivity index (χ1) is 24.8. The number of carbonyl (C=O) groups excluding carboxylic acids is 2. The van der Waals surface area contributed by atoms with Gasteiger partial charge in [-0.25, -0.2) is 4.57 Å². The van der Waals surface area contributed by atoms with Crippen LogP contribution in [0.1, 0.15) is 194 Å². The van der Waals surface area contributed by atoms with Gasteiger partial charge in [0.15, 0.2) is 6.10 Å². The highest BCUT2D eigenvalue weighted by Gasteiger charge is 2.26. The summed E-state index contributed by atoms with van der Waals surface area (Å²) in [7, 11) is -4.37. The lowest BCUT2D eigenvalue weighted by Gasteiger charge is -2.19. The molecule has 0 amide bonds. The fourth-order valence-electron chi connectivity index (χ4n) is 5.72. The molecular weight excluding hydrogens is 665 g/mol. The Morgan fingerprint density at radius 2 is 1.02 bits per heavy atom. The molecule has 300 valence electrons. The first-order valence-electron chi connectivity index (χ1n) is 20.8. The van der Waals surface area contributed by atoms with Crippen LogP contribution < -0.4 is 5.73 Å². The lowest BCUT2D eigenvalue weighted by atomic mass is 10.0. The van der Waals surface area contributed by atoms with Gasteiger partial charge in [0.2, 0.25) is 0 Å². The summed E-state index contributed by atoms with van der Waals surface area (Å²) in [6, 6.07) is 0. The van der Waals surface area contributed by atoms with Gasteiger partial charge in [-0.3, -0.25) is 18.6 Å². The predicted molar refractivity (Wildman–Crippen MR) is 211 cm³/mol. The summed E-state index contributed by atoms with van der Waals surface area (Å²) in [6.45, 7) is 3.70. The normalized spacial score (nSPS) is 13.6. The number of nitrogens with two attached hydrogens (primary N) is 1. The van der Waals surface area contributed by atoms with E-state index < -0.39 is 26.5 Å². The predicted octanol–water partition coefficient (Wildman–Crippen LogP) is 11.6. The zero-order chi connectivity index (χ0) is 37.5. The Morgan fingerprint density at radius 3 is 1.53 bits per heavy atom. The molecule has 0 rings (SSSR count). The highest BCUT2D eigenvalue weighted by molar-refractivity contribution is 7.47. The fraction of sp³-hybridized carbons (Fsp3) is 0.854. The standard InChI is InChI=1S/C41H78NO8P/c1-3-5-7-9-11-13-15-17-18-19-20-22-23-25-27-29-31-33-40(43)47-37-39(38-49-51(45,46)48-36-35-42)50-41(44)34-32-30-28-26-24-21-16-14-12-10-8-6-4-2/h11,13,17-18,39H,3-10,12,14-16,19-38,42H2,1-2H3,(H,45,46)/t39-/m1/s1. The van der Waals surface area contributed by atoms with Crippen molar-refractivity contribution in [3.8, 4) is 0 Å². The fourth-order valence-corrected chi connectivity index (χ4v) is 6.49. The van der Waals surface area contributed by atoms with E-state index in [4.69, 9.17) is 24.3 Å². The molecule has 2 atom stereocenters. The second-order valence-corrected chi connectivity index (χ2v) is 15.3. The number of rotatable bonds is 39. The number of hydrogen-bond acceptors (Lipinski definition) is 8. The van der Waals surface area contributed by atoms with Gasteiger partial charge in [0.25, 0.3) is 0 Å². The molecule has 0 bridgehead atoms. The quantitative estimate of drug-likeness (QED) is 0.0273. The number of phosphoric acid groups is 1. The summed E-state index contributed by atoms with van der Waals surface area (Å²) < 4.78 is 32.7. The maximum atomic E-state index is 12.5. The molecular formula is C41H78NO8P. The summed E-state index contributed by atoms with van der Waals surface area (Å²) in [5.74, 6) is -0.832. The number of allylic oxidation sites excluding steroid dienone is 4. The van der Waals surface area contributed by atoms with Crippen molar-refractivity contribution < 1.29 is 37.6 Å². The molecule has 0 aliphatic heterocycles. The highest BCUT2D eigenvalue weighted by Crippen LogP contribution is 2.43. The van der Waals surface area contributed by atoms with Crippen LogP contribution in [-0.4, -0.2) is 49.3 Å². The Labute approximate surface area is 312 Å². The number of ether oxygens (including phenoxy) is 2. The monoisotopic (exact) mass is 744 g/mol. The van der Waals surface area contributed by atoms with E-state index in [1.54, 1.807) is 0 Å². The Kier molecular flexibility index (Phi) is 37.1. The van der Waals surface area contributed by atoms with E-state index in [-0.39, 0.29) is 38.6 Å². The maximum Gasteiger partial charge on any atom is 0.472 e. The minimum atomic E-state index is -4.37. The van der Waals surface area contributed by atoms with Crippen LogP contribution in [0.5, 0.6) is 0 Å². The summed E-state index contributed by atoms with van der Waals surface area (Å²) in [5.41, 5.74) is 5.34. The first kappa shape index (κ1) is 49.5. The molecule has 1 unspecified atom stereocenters. The first-order valence-corrected chi connectivity index (χ1v) is 22.3. The molecule has 0 heterocycles. The molecule has 9 nitrogen and oxygen atoms in total. The van der Waals surface area contributed by atoms with E-state index in [9.17, 15) is 19.0 Å². The largest absolute Gasteiger partial charge is 0.472 e. The minimum absolute atomic E-state index is 0.0538. The van der Waals surface area contributed by atoms with Crippen LogP contribution in [0.15, 0.2) is 24.3 Å². The van der Waals surface area contributed by atoms with E-state index in [1.807, 2.05) is 0 Å². The molecule has 0 aromatic carbocycles. The molecule has 51 heavy (non-hydrogen) atoms. The molecule has 0 saturated carbocycles. The van der Waals surface area contributed by atoms with Gasteiger partial charge in [-0.1, -0.05) is 160 Å². The average molecular weight is 744 g/mol. The zero-order valence-corrected chi connectivity index (χ0v) is 33.7. The molecule has 3 N–H and O–H groups in total. The number of esters is 2. The van der Waals surface area contributed by atoms with Crippen molar-refractivity contribution in [3.63, 3.8) is 0 Å². The van der Waals surface area contributed by atoms with Gasteiger partial charge >= 0.3 is 19.8 Å². The molecule has 0 radical (unpaired) electrons. The van der Waals surface area contributed by atoms with Crippen molar-refractivity contribution in [1.82, 2.24) is 0 Å². The van der Waals surface area contributed by atoms with Crippen molar-refractivity contribution in [2.75, 3.05) is 26.4 Å². The second kappa shape index (κ2) is 38.2. The van der Waals surface area contributed by atoms with Crippen LogP contribution in [0, 0.1) is 0 Å². The third kappa shape index (κ3) is 38.0. The molecule has 0 aliphatic rings. The number of unbranched alkanes of at least 4 members (excludes halogenated alkanes) is 22. The van der Waals surface area contributed by atoms with Crippen molar-refractivity contribution >= 4 is 19.8 Å². The molecule has 0 spiro atoms. The van der Waals surface area contributed by atoms with Gasteiger partial charge in [0.1, 0.15) is 6.61 Å². The van der Waals surface area contributed by atoms with Crippen molar-refractivity contribution in [3.05, 3.63) is 24.3 Å². The van der Waals surface area contributed by atoms with E-state index in [1.165, 1.54) is 109 Å². The molecule has 0 aromatic heterocycles. The van der Waals surface area contributed by atoms with Crippen LogP contribution in [-0.2, 0) is 32.7 Å². The zero-order valence-electron chi connectivity index (χ0n) is 32.8. The molecule has 10 heteroatoms. The Balaban J connectivity index is 4.16. The van der Waals surface area contributed by atoms with Gasteiger partial charge in [0, 0.05) is 19.4 Å². The number of phosphoric ester groups is 1. The second-order valence-electron chi connectivity index (χ2n) is 13.9. The van der Waals surface area contributed by atoms with Gasteiger partial charge in [-0.05, 0) is 44.9 Å². The van der Waals surface area contributed by atoms with Gasteiger partial charge in [-0.2, -0.15) is 0 Å². The Hall–Kier alpha value is -1.51. The lowest BCUT2D eigenvalue weighted by Crippen LogP contribution is -2.29. The average Bonchev–Trinajstić information content (AvgIpc) is 3.11. The number of hydrogen-bond donors (Lipinski definition) is 2. The summed E-state index contributed by atoms with van der Waals surface area (Å²) in [5, 5.41) is 0. The molecule has 0 aliphatic carbocycles. The third-order valence-corrected chi connectivity index (χ3v) is 9.82. The third-order valence-electron chi connectivity index (χ3n) is 8.84. The smallest absolute Gasteiger partial charge is 0.462 e. The van der Waals surface area contributed by atoms with Gasteiger partial charge in [0.05, 0.1) is 13.2 Å². The molecule has 0 saturated heterocycles. The minimum Gasteiger partial charge on any atom is -0.462 e. The molecule has 0 fully saturated rings. The van der Waals surface area contributed by atoms with Crippen LogP contribution in [0.3, 0.4) is 0 Å². The van der Waals surface area contributed by atoms with Crippen LogP contribution >= 0.6 is 7.82 Å². The van der Waals surface area contributed by atoms with Gasteiger partial charge in [-0.15, -0.1) is 0 Å². The lowest BCUT2D eigenvalue weighted by molar-refractivity contribution is -0.161. The SMILES string of the molecule is CCCCCC=CCC=CCCCCCCCCCC(=O)OC[C@H](COP(=O)(O)OCCN)OC(=O)CCCCCCCCCCCCCCC. The summed E-state index contributed by atoms with van der Waals surface area (Å²) in [6.07, 6.45) is 39.1. The number of carbonyl (C=O) groups is 2. The molecule has 0 aromatic rings. The van der Waals surface area contributed by atoms with Crippen molar-refractivity contribution in [2.24, 2.45) is 5.73 Å². The van der Waals surface area contributed by atoms with Crippen molar-refractivity contribution in [1.29, 1.82) is 0 Å². The van der Waals surface area contributed by atoms with Gasteiger partial charge < -0.3 is 20.1 Å². The van der Waals surface area contributed by atoms with Crippen LogP contribution in [0.2, 0.25) is 0 Å². The van der Waals surface area contributed by atoms with E-state index in [0.717, 1.165) is 51.4 Å². The van der Waals surface area contributed by atoms with E-state index >= 15 is 0 Å². The summed E-state index contributed by atoms with van der Waals surface area (Å²) >= 11 is 0. The summed E-state index contributed by atoms with van der Waals surface area (Å²) in [4.78, 5) is 34.8. The van der Waals surface area contributed by atoms with E-state index in [2.05, 4.69) is 38.2 Å². The van der Waals surface area contributed by atoms with Crippen LogP contribution in [0.4, 0.5) is 0 Å². The highest BCUT2D eigenvalue weighted by atomic mass is 31.2. The van der Waals surface area contributed by atoms with Crippen molar-refractivity contribution in [2.45, 2.75) is 200 Å². The maximum absolute atomic E-state index is 12.5. The topological polar surface area (TPSA) is 134 Å². The van der Waals surface area contributed by atoms with E-state index in [0.29, 0.717) is 6.42 Å². The Bertz CT molecular complexity index is 897. The van der Waals surface area contributed by atoms with Crippen LogP contribution in [0.25, 0.3) is 0 Å². The Morgan fingerprint density at radius 1 is 0.588 bits per heavy atom.